The minimum absolute atomic E-state index is 0.0524. The van der Waals surface area contributed by atoms with Crippen LogP contribution in [0, 0.1) is 0 Å². The Morgan fingerprint density at radius 2 is 1.88 bits per heavy atom. The van der Waals surface area contributed by atoms with Gasteiger partial charge in [0, 0.05) is 35.4 Å². The average Bonchev–Trinajstić information content (AvgIpc) is 2.67. The highest BCUT2D eigenvalue weighted by Crippen LogP contribution is 2.31. The van der Waals surface area contributed by atoms with Gasteiger partial charge in [-0.15, -0.1) is 11.8 Å². The monoisotopic (exact) mass is 376 g/mol. The number of hydrogen-bond acceptors (Lipinski definition) is 4. The summed E-state index contributed by atoms with van der Waals surface area (Å²) in [5.74, 6) is 0.0524. The first kappa shape index (κ1) is 19.7. The topological polar surface area (TPSA) is 41.6 Å². The number of likely N-dealkylation sites (tertiary alicyclic amines) is 1. The minimum Gasteiger partial charge on any atom is -0.381 e. The number of carbonyl (C=O) groups excluding carboxylic acids is 1. The van der Waals surface area contributed by atoms with Crippen LogP contribution in [0.15, 0.2) is 29.2 Å². The van der Waals surface area contributed by atoms with E-state index in [0.717, 1.165) is 56.1 Å². The lowest BCUT2D eigenvalue weighted by Gasteiger charge is -2.48. The summed E-state index contributed by atoms with van der Waals surface area (Å²) in [6.07, 6.45) is 5.88. The predicted octanol–water partition coefficient (Wildman–Crippen LogP) is 3.95. The number of nitrogens with one attached hydrogen (secondary N) is 1. The van der Waals surface area contributed by atoms with Gasteiger partial charge < -0.3 is 10.1 Å². The molecule has 0 spiro atoms. The Kier molecular flexibility index (Phi) is 7.01. The number of hydrogen-bond donors (Lipinski definition) is 1. The summed E-state index contributed by atoms with van der Waals surface area (Å²) in [6, 6.07) is 7.95. The van der Waals surface area contributed by atoms with E-state index in [9.17, 15) is 4.79 Å². The SMILES string of the molecule is CC(C)Sc1ccccc1C(=O)NCC1(N2CCCCC2)CCOCC1. The third-order valence-corrected chi connectivity index (χ3v) is 6.60. The maximum absolute atomic E-state index is 12.9. The molecule has 0 unspecified atom stereocenters. The van der Waals surface area contributed by atoms with Gasteiger partial charge in [0.1, 0.15) is 0 Å². The highest BCUT2D eigenvalue weighted by atomic mass is 32.2. The van der Waals surface area contributed by atoms with Crippen LogP contribution in [0.5, 0.6) is 0 Å². The van der Waals surface area contributed by atoms with Gasteiger partial charge in [0.15, 0.2) is 0 Å². The van der Waals surface area contributed by atoms with Crippen LogP contribution in [0.1, 0.15) is 56.3 Å². The van der Waals surface area contributed by atoms with Crippen molar-refractivity contribution in [3.63, 3.8) is 0 Å². The highest BCUT2D eigenvalue weighted by Gasteiger charge is 2.39. The minimum atomic E-state index is 0.0524. The number of ether oxygens (including phenoxy) is 1. The molecule has 1 amide bonds. The number of rotatable bonds is 6. The number of thioether (sulfide) groups is 1. The predicted molar refractivity (Wildman–Crippen MR) is 108 cm³/mol. The fourth-order valence-electron chi connectivity index (χ4n) is 4.08. The van der Waals surface area contributed by atoms with Crippen LogP contribution in [0.3, 0.4) is 0 Å². The van der Waals surface area contributed by atoms with E-state index in [1.54, 1.807) is 11.8 Å². The second-order valence-corrected chi connectivity index (χ2v) is 9.35. The first-order chi connectivity index (χ1) is 12.6. The number of piperidine rings is 1. The van der Waals surface area contributed by atoms with E-state index in [0.29, 0.717) is 5.25 Å². The zero-order valence-corrected chi connectivity index (χ0v) is 16.9. The van der Waals surface area contributed by atoms with Crippen LogP contribution < -0.4 is 5.32 Å². The van der Waals surface area contributed by atoms with Crippen molar-refractivity contribution in [1.29, 1.82) is 0 Å². The molecule has 144 valence electrons. The first-order valence-corrected chi connectivity index (χ1v) is 10.9. The van der Waals surface area contributed by atoms with Crippen molar-refractivity contribution in [2.75, 3.05) is 32.8 Å². The maximum Gasteiger partial charge on any atom is 0.252 e. The van der Waals surface area contributed by atoms with E-state index < -0.39 is 0 Å². The molecular weight excluding hydrogens is 344 g/mol. The van der Waals surface area contributed by atoms with Crippen molar-refractivity contribution in [3.05, 3.63) is 29.8 Å². The van der Waals surface area contributed by atoms with Crippen molar-refractivity contribution >= 4 is 17.7 Å². The van der Waals surface area contributed by atoms with Crippen LogP contribution in [0.2, 0.25) is 0 Å². The summed E-state index contributed by atoms with van der Waals surface area (Å²) in [5, 5.41) is 3.73. The zero-order chi connectivity index (χ0) is 18.4. The van der Waals surface area contributed by atoms with Crippen LogP contribution in [0.4, 0.5) is 0 Å². The lowest BCUT2D eigenvalue weighted by molar-refractivity contribution is -0.0349. The molecule has 1 N–H and O–H groups in total. The normalized spacial score (nSPS) is 20.9. The van der Waals surface area contributed by atoms with Crippen LogP contribution >= 0.6 is 11.8 Å². The van der Waals surface area contributed by atoms with Crippen molar-refractivity contribution < 1.29 is 9.53 Å². The molecule has 2 heterocycles. The Hall–Kier alpha value is -1.04. The Labute approximate surface area is 162 Å². The molecule has 2 aliphatic rings. The summed E-state index contributed by atoms with van der Waals surface area (Å²) in [4.78, 5) is 16.6. The zero-order valence-electron chi connectivity index (χ0n) is 16.1. The number of benzene rings is 1. The number of nitrogens with zero attached hydrogens (tertiary/aromatic N) is 1. The van der Waals surface area contributed by atoms with Crippen LogP contribution in [-0.4, -0.2) is 54.4 Å². The summed E-state index contributed by atoms with van der Waals surface area (Å²) in [7, 11) is 0. The molecule has 5 heteroatoms. The van der Waals surface area contributed by atoms with Crippen molar-refractivity contribution in [2.45, 2.75) is 61.6 Å². The quantitative estimate of drug-likeness (QED) is 0.763. The third kappa shape index (κ3) is 4.81. The average molecular weight is 377 g/mol. The van der Waals surface area contributed by atoms with E-state index in [4.69, 9.17) is 4.74 Å². The van der Waals surface area contributed by atoms with Gasteiger partial charge >= 0.3 is 0 Å². The second kappa shape index (κ2) is 9.25. The van der Waals surface area contributed by atoms with E-state index >= 15 is 0 Å². The number of amides is 1. The Balaban J connectivity index is 1.70. The van der Waals surface area contributed by atoms with Crippen molar-refractivity contribution in [3.8, 4) is 0 Å². The van der Waals surface area contributed by atoms with Gasteiger partial charge in [-0.2, -0.15) is 0 Å². The summed E-state index contributed by atoms with van der Waals surface area (Å²) in [5.41, 5.74) is 0.862. The van der Waals surface area contributed by atoms with Crippen LogP contribution in [-0.2, 0) is 4.74 Å². The first-order valence-electron chi connectivity index (χ1n) is 9.97. The third-order valence-electron chi connectivity index (χ3n) is 5.52. The summed E-state index contributed by atoms with van der Waals surface area (Å²) in [6.45, 7) is 8.93. The van der Waals surface area contributed by atoms with Gasteiger partial charge in [0.05, 0.1) is 5.56 Å². The molecule has 0 radical (unpaired) electrons. The molecule has 0 saturated carbocycles. The Bertz CT molecular complexity index is 593. The van der Waals surface area contributed by atoms with Gasteiger partial charge in [-0.25, -0.2) is 0 Å². The Morgan fingerprint density at radius 1 is 1.19 bits per heavy atom. The standard InChI is InChI=1S/C21H32N2O2S/c1-17(2)26-19-9-5-4-8-18(19)20(24)22-16-21(10-14-25-15-11-21)23-12-6-3-7-13-23/h4-5,8-9,17H,3,6-7,10-16H2,1-2H3,(H,22,24). The molecule has 0 aliphatic carbocycles. The van der Waals surface area contributed by atoms with Gasteiger partial charge in [-0.1, -0.05) is 32.4 Å². The molecule has 0 bridgehead atoms. The summed E-state index contributed by atoms with van der Waals surface area (Å²) >= 11 is 1.75. The van der Waals surface area contributed by atoms with Crippen molar-refractivity contribution in [1.82, 2.24) is 10.2 Å². The van der Waals surface area contributed by atoms with E-state index in [2.05, 4.69) is 30.1 Å². The van der Waals surface area contributed by atoms with Crippen LogP contribution in [0.25, 0.3) is 0 Å². The van der Waals surface area contributed by atoms with Gasteiger partial charge in [0.25, 0.3) is 5.91 Å². The van der Waals surface area contributed by atoms with Gasteiger partial charge in [-0.3, -0.25) is 9.69 Å². The molecule has 4 nitrogen and oxygen atoms in total. The van der Waals surface area contributed by atoms with E-state index in [1.807, 2.05) is 18.2 Å². The molecule has 1 aromatic carbocycles. The Morgan fingerprint density at radius 3 is 2.58 bits per heavy atom. The second-order valence-electron chi connectivity index (χ2n) is 7.73. The highest BCUT2D eigenvalue weighted by molar-refractivity contribution is 8.00. The van der Waals surface area contributed by atoms with E-state index in [-0.39, 0.29) is 11.4 Å². The molecule has 1 aromatic rings. The molecule has 2 saturated heterocycles. The number of carbonyl (C=O) groups is 1. The van der Waals surface area contributed by atoms with Crippen molar-refractivity contribution in [2.24, 2.45) is 0 Å². The molecule has 26 heavy (non-hydrogen) atoms. The smallest absolute Gasteiger partial charge is 0.252 e. The van der Waals surface area contributed by atoms with Gasteiger partial charge in [-0.05, 0) is 50.9 Å². The van der Waals surface area contributed by atoms with Gasteiger partial charge in [0.2, 0.25) is 0 Å². The fraction of sp³-hybridized carbons (Fsp3) is 0.667. The van der Waals surface area contributed by atoms with E-state index in [1.165, 1.54) is 19.3 Å². The largest absolute Gasteiger partial charge is 0.381 e. The fourth-order valence-corrected chi connectivity index (χ4v) is 5.03. The molecular formula is C21H32N2O2S. The molecule has 3 rings (SSSR count). The molecule has 2 fully saturated rings. The molecule has 0 aromatic heterocycles. The maximum atomic E-state index is 12.9. The molecule has 2 aliphatic heterocycles. The lowest BCUT2D eigenvalue weighted by Crippen LogP contribution is -2.59. The molecule has 0 atom stereocenters. The lowest BCUT2D eigenvalue weighted by atomic mass is 9.86. The summed E-state index contributed by atoms with van der Waals surface area (Å²) < 4.78 is 5.63.